The van der Waals surface area contributed by atoms with Crippen molar-refractivity contribution in [3.63, 3.8) is 0 Å². The van der Waals surface area contributed by atoms with Crippen molar-refractivity contribution in [1.29, 1.82) is 0 Å². The molecule has 54 valence electrons. The van der Waals surface area contributed by atoms with Gasteiger partial charge in [0.05, 0.1) is 12.2 Å². The number of aliphatic hydroxyl groups is 2. The number of aliphatic hydroxyl groups excluding tert-OH is 2. The standard InChI is InChI=1S/C5H11NO3/c1-2-4(7)5(8)3-6-9/h2,4-9H,1,3H2. The fourth-order valence-corrected chi connectivity index (χ4v) is 0.371. The van der Waals surface area contributed by atoms with Crippen LogP contribution >= 0.6 is 0 Å². The molecule has 0 aromatic heterocycles. The third kappa shape index (κ3) is 3.21. The smallest absolute Gasteiger partial charge is 0.0990 e. The molecule has 0 radical (unpaired) electrons. The van der Waals surface area contributed by atoms with Crippen LogP contribution < -0.4 is 5.48 Å². The summed E-state index contributed by atoms with van der Waals surface area (Å²) in [5.41, 5.74) is 1.72. The quantitative estimate of drug-likeness (QED) is 0.289. The van der Waals surface area contributed by atoms with E-state index in [1.807, 2.05) is 0 Å². The Morgan fingerprint density at radius 2 is 2.11 bits per heavy atom. The van der Waals surface area contributed by atoms with Crippen LogP contribution in [0.5, 0.6) is 0 Å². The molecule has 0 aliphatic carbocycles. The van der Waals surface area contributed by atoms with E-state index in [2.05, 4.69) is 6.58 Å². The van der Waals surface area contributed by atoms with Crippen LogP contribution in [0.15, 0.2) is 12.7 Å². The van der Waals surface area contributed by atoms with Crippen molar-refractivity contribution >= 4 is 0 Å². The summed E-state index contributed by atoms with van der Waals surface area (Å²) in [6.45, 7) is 3.18. The van der Waals surface area contributed by atoms with Gasteiger partial charge < -0.3 is 15.4 Å². The van der Waals surface area contributed by atoms with E-state index in [4.69, 9.17) is 15.4 Å². The maximum Gasteiger partial charge on any atom is 0.0990 e. The molecule has 2 atom stereocenters. The summed E-state index contributed by atoms with van der Waals surface area (Å²) in [6, 6.07) is 0. The molecule has 0 fully saturated rings. The Bertz CT molecular complexity index is 86.3. The minimum Gasteiger partial charge on any atom is -0.389 e. The van der Waals surface area contributed by atoms with Gasteiger partial charge in [-0.1, -0.05) is 6.08 Å². The Morgan fingerprint density at radius 1 is 1.56 bits per heavy atom. The molecule has 0 rings (SSSR count). The summed E-state index contributed by atoms with van der Waals surface area (Å²) in [4.78, 5) is 0. The molecule has 0 saturated heterocycles. The van der Waals surface area contributed by atoms with Crippen molar-refractivity contribution in [2.45, 2.75) is 12.2 Å². The van der Waals surface area contributed by atoms with Crippen molar-refractivity contribution in [2.75, 3.05) is 6.54 Å². The molecule has 0 aliphatic rings. The first kappa shape index (κ1) is 8.58. The van der Waals surface area contributed by atoms with Crippen molar-refractivity contribution in [3.8, 4) is 0 Å². The first-order valence-corrected chi connectivity index (χ1v) is 2.58. The van der Waals surface area contributed by atoms with Crippen molar-refractivity contribution in [2.24, 2.45) is 0 Å². The van der Waals surface area contributed by atoms with Crippen LogP contribution in [0.1, 0.15) is 0 Å². The van der Waals surface area contributed by atoms with Gasteiger partial charge in [0, 0.05) is 6.54 Å². The van der Waals surface area contributed by atoms with Gasteiger partial charge in [-0.2, -0.15) is 0 Å². The molecule has 0 bridgehead atoms. The molecule has 4 heteroatoms. The Balaban J connectivity index is 3.44. The van der Waals surface area contributed by atoms with E-state index < -0.39 is 12.2 Å². The Morgan fingerprint density at radius 3 is 2.44 bits per heavy atom. The molecule has 4 nitrogen and oxygen atoms in total. The van der Waals surface area contributed by atoms with Crippen LogP contribution in [0, 0.1) is 0 Å². The van der Waals surface area contributed by atoms with E-state index in [0.29, 0.717) is 0 Å². The van der Waals surface area contributed by atoms with E-state index in [-0.39, 0.29) is 6.54 Å². The van der Waals surface area contributed by atoms with Gasteiger partial charge in [0.25, 0.3) is 0 Å². The minimum absolute atomic E-state index is 0.0623. The van der Waals surface area contributed by atoms with Gasteiger partial charge in [0.1, 0.15) is 0 Å². The number of hydroxylamine groups is 1. The van der Waals surface area contributed by atoms with Crippen LogP contribution in [0.4, 0.5) is 0 Å². The van der Waals surface area contributed by atoms with E-state index in [9.17, 15) is 0 Å². The van der Waals surface area contributed by atoms with Crippen molar-refractivity contribution < 1.29 is 15.4 Å². The summed E-state index contributed by atoms with van der Waals surface area (Å²) in [5, 5.41) is 25.5. The molecular weight excluding hydrogens is 122 g/mol. The van der Waals surface area contributed by atoms with Gasteiger partial charge in [-0.25, -0.2) is 5.48 Å². The second-order valence-corrected chi connectivity index (χ2v) is 1.66. The molecule has 0 saturated carbocycles. The Kier molecular flexibility index (Phi) is 4.25. The van der Waals surface area contributed by atoms with Gasteiger partial charge in [0.15, 0.2) is 0 Å². The average Bonchev–Trinajstić information content (AvgIpc) is 1.87. The Hall–Kier alpha value is -0.420. The number of hydrogen-bond acceptors (Lipinski definition) is 4. The summed E-state index contributed by atoms with van der Waals surface area (Å²) in [7, 11) is 0. The van der Waals surface area contributed by atoms with E-state index in [1.54, 1.807) is 5.48 Å². The topological polar surface area (TPSA) is 72.7 Å². The molecule has 9 heavy (non-hydrogen) atoms. The van der Waals surface area contributed by atoms with Gasteiger partial charge >= 0.3 is 0 Å². The van der Waals surface area contributed by atoms with E-state index >= 15 is 0 Å². The van der Waals surface area contributed by atoms with E-state index in [1.165, 1.54) is 6.08 Å². The highest BCUT2D eigenvalue weighted by molar-refractivity contribution is 4.84. The molecule has 0 amide bonds. The SMILES string of the molecule is C=CC(O)C(O)CNO. The van der Waals surface area contributed by atoms with Crippen LogP contribution in [-0.2, 0) is 0 Å². The summed E-state index contributed by atoms with van der Waals surface area (Å²) < 4.78 is 0. The third-order valence-corrected chi connectivity index (χ3v) is 0.936. The summed E-state index contributed by atoms with van der Waals surface area (Å²) in [5.74, 6) is 0. The lowest BCUT2D eigenvalue weighted by atomic mass is 10.2. The van der Waals surface area contributed by atoms with Crippen LogP contribution in [-0.4, -0.2) is 34.2 Å². The van der Waals surface area contributed by atoms with Crippen LogP contribution in [0.2, 0.25) is 0 Å². The highest BCUT2D eigenvalue weighted by Crippen LogP contribution is 1.90. The molecule has 0 heterocycles. The fourth-order valence-electron chi connectivity index (χ4n) is 0.371. The molecule has 0 spiro atoms. The van der Waals surface area contributed by atoms with Gasteiger partial charge in [0.2, 0.25) is 0 Å². The maximum absolute atomic E-state index is 8.77. The molecular formula is C5H11NO3. The van der Waals surface area contributed by atoms with Gasteiger partial charge in [-0.15, -0.1) is 6.58 Å². The second kappa shape index (κ2) is 4.46. The normalized spacial score (nSPS) is 16.8. The molecule has 0 aromatic carbocycles. The highest BCUT2D eigenvalue weighted by atomic mass is 16.5. The second-order valence-electron chi connectivity index (χ2n) is 1.66. The highest BCUT2D eigenvalue weighted by Gasteiger charge is 2.10. The average molecular weight is 133 g/mol. The fraction of sp³-hybridized carbons (Fsp3) is 0.600. The van der Waals surface area contributed by atoms with Crippen LogP contribution in [0.25, 0.3) is 0 Å². The molecule has 4 N–H and O–H groups in total. The summed E-state index contributed by atoms with van der Waals surface area (Å²) >= 11 is 0. The largest absolute Gasteiger partial charge is 0.389 e. The zero-order valence-corrected chi connectivity index (χ0v) is 4.99. The van der Waals surface area contributed by atoms with Crippen molar-refractivity contribution in [3.05, 3.63) is 12.7 Å². The lowest BCUT2D eigenvalue weighted by Gasteiger charge is -2.11. The zero-order chi connectivity index (χ0) is 7.28. The number of rotatable bonds is 4. The molecule has 0 aromatic rings. The monoisotopic (exact) mass is 133 g/mol. The zero-order valence-electron chi connectivity index (χ0n) is 4.99. The first-order chi connectivity index (χ1) is 4.22. The van der Waals surface area contributed by atoms with Crippen molar-refractivity contribution in [1.82, 2.24) is 5.48 Å². The molecule has 0 aliphatic heterocycles. The number of nitrogens with one attached hydrogen (secondary N) is 1. The lowest BCUT2D eigenvalue weighted by molar-refractivity contribution is 0.0204. The van der Waals surface area contributed by atoms with E-state index in [0.717, 1.165) is 0 Å². The van der Waals surface area contributed by atoms with Crippen LogP contribution in [0.3, 0.4) is 0 Å². The Labute approximate surface area is 53.4 Å². The first-order valence-electron chi connectivity index (χ1n) is 2.58. The predicted octanol–water partition coefficient (Wildman–Crippen LogP) is -1.13. The molecule has 2 unspecified atom stereocenters. The van der Waals surface area contributed by atoms with Gasteiger partial charge in [-0.05, 0) is 0 Å². The minimum atomic E-state index is -0.993. The number of hydrogen-bond donors (Lipinski definition) is 4. The summed E-state index contributed by atoms with van der Waals surface area (Å²) in [6.07, 6.45) is -0.778. The van der Waals surface area contributed by atoms with Gasteiger partial charge in [-0.3, -0.25) is 0 Å². The predicted molar refractivity (Wildman–Crippen MR) is 32.0 cm³/mol. The maximum atomic E-state index is 8.77. The lowest BCUT2D eigenvalue weighted by Crippen LogP contribution is -2.33. The third-order valence-electron chi connectivity index (χ3n) is 0.936.